The summed E-state index contributed by atoms with van der Waals surface area (Å²) in [5, 5.41) is 7.80. The van der Waals surface area contributed by atoms with E-state index in [1.54, 1.807) is 17.7 Å². The Morgan fingerprint density at radius 1 is 1.30 bits per heavy atom. The van der Waals surface area contributed by atoms with Gasteiger partial charge < -0.3 is 30.7 Å². The predicted octanol–water partition coefficient (Wildman–Crippen LogP) is 4.74. The molecule has 0 saturated carbocycles. The topological polar surface area (TPSA) is 115 Å². The molecule has 9 nitrogen and oxygen atoms in total. The van der Waals surface area contributed by atoms with Crippen LogP contribution >= 0.6 is 11.3 Å². The number of aryl methyl sites for hydroxylation is 1. The fourth-order valence-electron chi connectivity index (χ4n) is 4.91. The van der Waals surface area contributed by atoms with Gasteiger partial charge in [0.2, 0.25) is 0 Å². The highest BCUT2D eigenvalue weighted by Crippen LogP contribution is 2.41. The molecule has 4 N–H and O–H groups in total. The minimum atomic E-state index is -0.000942. The lowest BCUT2D eigenvalue weighted by atomic mass is 9.93. The molecule has 37 heavy (non-hydrogen) atoms. The standard InChI is InChI=1S/C27H34N6O3S/c1-4-36-22-14-20(28)17(11-16(2)3)12-21(22)32-25-24-19-6-5-18(13-23(19)37-26(24)30-15-29-25)31-27(34)33-7-9-35-10-8-33/h11-12,14-15,18H,4-10,13,28H2,1-3H3,(H,31,34)(H,29,30,32). The van der Waals surface area contributed by atoms with E-state index in [4.69, 9.17) is 15.2 Å². The van der Waals surface area contributed by atoms with Crippen molar-refractivity contribution >= 4 is 50.9 Å². The average Bonchev–Trinajstić information content (AvgIpc) is 3.26. The van der Waals surface area contributed by atoms with Crippen LogP contribution in [0.5, 0.6) is 5.75 Å². The van der Waals surface area contributed by atoms with Crippen molar-refractivity contribution in [2.45, 2.75) is 46.1 Å². The number of carbonyl (C=O) groups excluding carboxylic acids is 1. The van der Waals surface area contributed by atoms with Crippen LogP contribution in [0.2, 0.25) is 0 Å². The number of fused-ring (bicyclic) bond motifs is 3. The van der Waals surface area contributed by atoms with E-state index >= 15 is 0 Å². The third-order valence-electron chi connectivity index (χ3n) is 6.65. The molecule has 0 bridgehead atoms. The van der Waals surface area contributed by atoms with Gasteiger partial charge in [-0.25, -0.2) is 14.8 Å². The van der Waals surface area contributed by atoms with Crippen LogP contribution in [-0.2, 0) is 17.6 Å². The van der Waals surface area contributed by atoms with Gasteiger partial charge in [-0.3, -0.25) is 0 Å². The molecule has 1 atom stereocenters. The number of amides is 2. The Hall–Kier alpha value is -3.37. The maximum absolute atomic E-state index is 12.7. The second-order valence-corrected chi connectivity index (χ2v) is 10.7. The lowest BCUT2D eigenvalue weighted by Gasteiger charge is -2.30. The number of aromatic nitrogens is 2. The zero-order chi connectivity index (χ0) is 25.9. The summed E-state index contributed by atoms with van der Waals surface area (Å²) in [5.74, 6) is 1.44. The van der Waals surface area contributed by atoms with Crippen molar-refractivity contribution in [2.75, 3.05) is 44.0 Å². The van der Waals surface area contributed by atoms with Crippen LogP contribution < -0.4 is 21.1 Å². The van der Waals surface area contributed by atoms with Gasteiger partial charge in [-0.15, -0.1) is 11.3 Å². The molecular formula is C27H34N6O3S. The second-order valence-electron chi connectivity index (χ2n) is 9.65. The van der Waals surface area contributed by atoms with Crippen molar-refractivity contribution in [1.29, 1.82) is 0 Å². The number of anilines is 3. The Bertz CT molecular complexity index is 1330. The number of nitrogens with two attached hydrogens (primary N) is 1. The molecule has 1 unspecified atom stereocenters. The number of hydrogen-bond acceptors (Lipinski definition) is 8. The third-order valence-corrected chi connectivity index (χ3v) is 7.82. The molecular weight excluding hydrogens is 488 g/mol. The van der Waals surface area contributed by atoms with Gasteiger partial charge >= 0.3 is 6.03 Å². The Labute approximate surface area is 221 Å². The van der Waals surface area contributed by atoms with E-state index < -0.39 is 0 Å². The van der Waals surface area contributed by atoms with Gasteiger partial charge in [0.1, 0.15) is 22.7 Å². The number of ether oxygens (including phenoxy) is 2. The summed E-state index contributed by atoms with van der Waals surface area (Å²) in [6.45, 7) is 9.06. The number of nitrogens with one attached hydrogen (secondary N) is 2. The van der Waals surface area contributed by atoms with Crippen LogP contribution in [0.1, 0.15) is 43.2 Å². The maximum Gasteiger partial charge on any atom is 0.317 e. The molecule has 3 heterocycles. The fourth-order valence-corrected chi connectivity index (χ4v) is 6.18. The Morgan fingerprint density at radius 3 is 2.86 bits per heavy atom. The third kappa shape index (κ3) is 5.50. The van der Waals surface area contributed by atoms with Gasteiger partial charge in [0.15, 0.2) is 0 Å². The van der Waals surface area contributed by atoms with Gasteiger partial charge in [-0.1, -0.05) is 11.6 Å². The number of rotatable bonds is 6. The normalized spacial score (nSPS) is 17.3. The van der Waals surface area contributed by atoms with Gasteiger partial charge in [0.25, 0.3) is 0 Å². The van der Waals surface area contributed by atoms with Crippen LogP contribution in [0.4, 0.5) is 22.0 Å². The summed E-state index contributed by atoms with van der Waals surface area (Å²) in [7, 11) is 0. The Balaban J connectivity index is 1.42. The highest BCUT2D eigenvalue weighted by Gasteiger charge is 2.28. The summed E-state index contributed by atoms with van der Waals surface area (Å²) in [6.07, 6.45) is 6.18. The fraction of sp³-hybridized carbons (Fsp3) is 0.444. The van der Waals surface area contributed by atoms with Gasteiger partial charge in [0.05, 0.1) is 30.9 Å². The number of allylic oxidation sites excluding steroid dienone is 1. The van der Waals surface area contributed by atoms with Gasteiger partial charge in [-0.05, 0) is 50.8 Å². The second kappa shape index (κ2) is 10.9. The average molecular weight is 523 g/mol. The number of hydrogen-bond donors (Lipinski definition) is 3. The monoisotopic (exact) mass is 522 g/mol. The van der Waals surface area contributed by atoms with Crippen LogP contribution in [0.25, 0.3) is 16.3 Å². The molecule has 1 aromatic carbocycles. The van der Waals surface area contributed by atoms with Crippen molar-refractivity contribution < 1.29 is 14.3 Å². The van der Waals surface area contributed by atoms with Crippen LogP contribution in [0, 0.1) is 0 Å². The van der Waals surface area contributed by atoms with Crippen molar-refractivity contribution in [1.82, 2.24) is 20.2 Å². The molecule has 1 fully saturated rings. The van der Waals surface area contributed by atoms with E-state index in [-0.39, 0.29) is 12.1 Å². The zero-order valence-corrected chi connectivity index (χ0v) is 22.4. The van der Waals surface area contributed by atoms with Crippen LogP contribution in [0.15, 0.2) is 24.0 Å². The largest absolute Gasteiger partial charge is 0.492 e. The van der Waals surface area contributed by atoms with E-state index in [0.717, 1.165) is 52.1 Å². The number of morpholine rings is 1. The summed E-state index contributed by atoms with van der Waals surface area (Å²) < 4.78 is 11.3. The van der Waals surface area contributed by atoms with Crippen molar-refractivity contribution in [2.24, 2.45) is 0 Å². The summed E-state index contributed by atoms with van der Waals surface area (Å²) in [5.41, 5.74) is 11.1. The Morgan fingerprint density at radius 2 is 2.11 bits per heavy atom. The smallest absolute Gasteiger partial charge is 0.317 e. The SMILES string of the molecule is CCOc1cc(N)c(C=C(C)C)cc1Nc1ncnc2sc3c(c12)CCC(NC(=O)N1CCOCC1)C3. The predicted molar refractivity (Wildman–Crippen MR) is 149 cm³/mol. The molecule has 2 aromatic heterocycles. The zero-order valence-electron chi connectivity index (χ0n) is 21.6. The molecule has 0 spiro atoms. The molecule has 2 amide bonds. The highest BCUT2D eigenvalue weighted by molar-refractivity contribution is 7.19. The number of nitrogen functional groups attached to an aromatic ring is 1. The first kappa shape index (κ1) is 25.3. The van der Waals surface area contributed by atoms with Crippen molar-refractivity contribution in [3.8, 4) is 5.75 Å². The molecule has 0 radical (unpaired) electrons. The summed E-state index contributed by atoms with van der Waals surface area (Å²) in [4.78, 5) is 25.9. The molecule has 2 aliphatic rings. The lowest BCUT2D eigenvalue weighted by Crippen LogP contribution is -2.50. The van der Waals surface area contributed by atoms with Gasteiger partial charge in [0, 0.05) is 42.2 Å². The molecule has 10 heteroatoms. The minimum Gasteiger partial charge on any atom is -0.492 e. The summed E-state index contributed by atoms with van der Waals surface area (Å²) in [6, 6.07) is 3.98. The molecule has 1 saturated heterocycles. The number of nitrogens with zero attached hydrogens (tertiary/aromatic N) is 3. The first-order chi connectivity index (χ1) is 17.9. The Kier molecular flexibility index (Phi) is 7.48. The lowest BCUT2D eigenvalue weighted by molar-refractivity contribution is 0.0524. The van der Waals surface area contributed by atoms with Crippen LogP contribution in [-0.4, -0.2) is 59.9 Å². The van der Waals surface area contributed by atoms with E-state index in [1.165, 1.54) is 10.4 Å². The van der Waals surface area contributed by atoms with E-state index in [9.17, 15) is 4.79 Å². The minimum absolute atomic E-state index is 0.000942. The number of urea groups is 1. The number of carbonyl (C=O) groups is 1. The molecule has 3 aromatic rings. The first-order valence-electron chi connectivity index (χ1n) is 12.8. The maximum atomic E-state index is 12.7. The molecule has 5 rings (SSSR count). The van der Waals surface area contributed by atoms with Crippen molar-refractivity contribution in [3.05, 3.63) is 40.0 Å². The van der Waals surface area contributed by atoms with E-state index in [0.29, 0.717) is 44.3 Å². The summed E-state index contributed by atoms with van der Waals surface area (Å²) >= 11 is 1.68. The number of thiophene rings is 1. The molecule has 1 aliphatic heterocycles. The van der Waals surface area contributed by atoms with E-state index in [1.807, 2.05) is 37.8 Å². The molecule has 1 aliphatic carbocycles. The van der Waals surface area contributed by atoms with Gasteiger partial charge in [-0.2, -0.15) is 0 Å². The van der Waals surface area contributed by atoms with Crippen molar-refractivity contribution in [3.63, 3.8) is 0 Å². The first-order valence-corrected chi connectivity index (χ1v) is 13.6. The molecule has 196 valence electrons. The van der Waals surface area contributed by atoms with E-state index in [2.05, 4.69) is 26.7 Å². The quantitative estimate of drug-likeness (QED) is 0.401. The van der Waals surface area contributed by atoms with Crippen LogP contribution in [0.3, 0.4) is 0 Å². The number of benzene rings is 1. The highest BCUT2D eigenvalue weighted by atomic mass is 32.1.